The lowest BCUT2D eigenvalue weighted by molar-refractivity contribution is 0.161. The molecule has 20 heavy (non-hydrogen) atoms. The van der Waals surface area contributed by atoms with Crippen molar-refractivity contribution in [1.29, 1.82) is 0 Å². The molecule has 1 aromatic rings. The molecule has 1 aliphatic heterocycles. The number of hydrogen-bond donors (Lipinski definition) is 1. The van der Waals surface area contributed by atoms with E-state index < -0.39 is 9.84 Å². The highest BCUT2D eigenvalue weighted by Crippen LogP contribution is 2.18. The predicted octanol–water partition coefficient (Wildman–Crippen LogP) is -0.412. The van der Waals surface area contributed by atoms with Gasteiger partial charge in [-0.2, -0.15) is 15.0 Å². The van der Waals surface area contributed by atoms with Gasteiger partial charge in [0.1, 0.15) is 0 Å². The minimum Gasteiger partial charge on any atom is -0.396 e. The Kier molecular flexibility index (Phi) is 4.77. The lowest BCUT2D eigenvalue weighted by Gasteiger charge is -2.34. The molecular formula is C12H22N4O3S. The average molecular weight is 302 g/mol. The molecule has 114 valence electrons. The second-order valence-electron chi connectivity index (χ2n) is 5.17. The van der Waals surface area contributed by atoms with Gasteiger partial charge in [0.15, 0.2) is 9.84 Å². The number of sulfone groups is 1. The van der Waals surface area contributed by atoms with Crippen molar-refractivity contribution < 1.29 is 13.5 Å². The quantitative estimate of drug-likeness (QED) is 0.795. The van der Waals surface area contributed by atoms with E-state index in [-0.39, 0.29) is 24.2 Å². The van der Waals surface area contributed by atoms with Crippen LogP contribution in [-0.2, 0) is 22.9 Å². The zero-order chi connectivity index (χ0) is 14.8. The summed E-state index contributed by atoms with van der Waals surface area (Å²) in [5.74, 6) is 0.296. The highest BCUT2D eigenvalue weighted by Gasteiger charge is 2.31. The van der Waals surface area contributed by atoms with E-state index in [9.17, 15) is 8.42 Å². The van der Waals surface area contributed by atoms with Crippen LogP contribution in [0.15, 0.2) is 0 Å². The van der Waals surface area contributed by atoms with Crippen LogP contribution < -0.4 is 0 Å². The summed E-state index contributed by atoms with van der Waals surface area (Å²) in [5.41, 5.74) is 1.76. The van der Waals surface area contributed by atoms with Crippen molar-refractivity contribution in [2.75, 3.05) is 24.7 Å². The normalized spacial score (nSPS) is 23.1. The van der Waals surface area contributed by atoms with Gasteiger partial charge in [-0.15, -0.1) is 0 Å². The minimum atomic E-state index is -2.98. The van der Waals surface area contributed by atoms with Crippen LogP contribution >= 0.6 is 0 Å². The maximum absolute atomic E-state index is 11.7. The molecule has 1 fully saturated rings. The van der Waals surface area contributed by atoms with Crippen molar-refractivity contribution in [3.8, 4) is 0 Å². The van der Waals surface area contributed by atoms with Crippen molar-refractivity contribution in [2.45, 2.75) is 39.4 Å². The van der Waals surface area contributed by atoms with Gasteiger partial charge < -0.3 is 5.11 Å². The summed E-state index contributed by atoms with van der Waals surface area (Å²) in [4.78, 5) is 3.74. The predicted molar refractivity (Wildman–Crippen MR) is 75.0 cm³/mol. The molecule has 0 spiro atoms. The van der Waals surface area contributed by atoms with Crippen LogP contribution in [0.1, 0.15) is 24.7 Å². The van der Waals surface area contributed by atoms with Crippen molar-refractivity contribution in [3.63, 3.8) is 0 Å². The Bertz CT molecular complexity index is 555. The summed E-state index contributed by atoms with van der Waals surface area (Å²) >= 11 is 0. The maximum Gasteiger partial charge on any atom is 0.153 e. The molecule has 0 aliphatic carbocycles. The molecule has 1 unspecified atom stereocenters. The third-order valence-corrected chi connectivity index (χ3v) is 5.37. The molecule has 0 radical (unpaired) electrons. The Balaban J connectivity index is 2.11. The first-order valence-corrected chi connectivity index (χ1v) is 8.73. The Morgan fingerprint density at radius 3 is 2.75 bits per heavy atom. The molecule has 2 heterocycles. The molecule has 2 rings (SSSR count). The third-order valence-electron chi connectivity index (χ3n) is 3.67. The third kappa shape index (κ3) is 3.56. The molecule has 1 N–H and O–H groups in total. The number of hydrogen-bond acceptors (Lipinski definition) is 6. The van der Waals surface area contributed by atoms with Gasteiger partial charge in [0.2, 0.25) is 0 Å². The second kappa shape index (κ2) is 6.19. The topological polar surface area (TPSA) is 88.3 Å². The van der Waals surface area contributed by atoms with Crippen LogP contribution in [0, 0.1) is 6.92 Å². The summed E-state index contributed by atoms with van der Waals surface area (Å²) in [6, 6.07) is -0.134. The van der Waals surface area contributed by atoms with Gasteiger partial charge in [0, 0.05) is 25.7 Å². The first kappa shape index (κ1) is 15.4. The van der Waals surface area contributed by atoms with Gasteiger partial charge in [-0.1, -0.05) is 0 Å². The smallest absolute Gasteiger partial charge is 0.153 e. The number of aliphatic hydroxyl groups excluding tert-OH is 1. The van der Waals surface area contributed by atoms with E-state index in [2.05, 4.69) is 15.1 Å². The fourth-order valence-corrected chi connectivity index (χ4v) is 4.13. The number of nitrogens with zero attached hydrogens (tertiary/aromatic N) is 4. The van der Waals surface area contributed by atoms with Crippen LogP contribution in [0.2, 0.25) is 0 Å². The highest BCUT2D eigenvalue weighted by atomic mass is 32.2. The second-order valence-corrected chi connectivity index (χ2v) is 7.40. The van der Waals surface area contributed by atoms with Crippen molar-refractivity contribution in [2.24, 2.45) is 0 Å². The monoisotopic (exact) mass is 302 g/mol. The number of aromatic nitrogens is 3. The molecule has 0 amide bonds. The molecule has 1 aliphatic rings. The van der Waals surface area contributed by atoms with Crippen LogP contribution in [0.5, 0.6) is 0 Å². The van der Waals surface area contributed by atoms with E-state index in [0.717, 1.165) is 17.9 Å². The molecule has 1 aromatic heterocycles. The van der Waals surface area contributed by atoms with Gasteiger partial charge in [0.05, 0.1) is 29.4 Å². The standard InChI is InChI=1S/C12H22N4O3S/c1-3-16-13-10(2)12(14-16)8-15-5-7-20(18,19)9-11(15)4-6-17/h11,17H,3-9H2,1-2H3. The molecule has 1 atom stereocenters. The van der Waals surface area contributed by atoms with Crippen LogP contribution in [0.4, 0.5) is 0 Å². The lowest BCUT2D eigenvalue weighted by Crippen LogP contribution is -2.48. The number of aliphatic hydroxyl groups is 1. The molecule has 1 saturated heterocycles. The largest absolute Gasteiger partial charge is 0.396 e. The van der Waals surface area contributed by atoms with Gasteiger partial charge in [-0.25, -0.2) is 8.42 Å². The summed E-state index contributed by atoms with van der Waals surface area (Å²) in [6.45, 7) is 5.69. The zero-order valence-electron chi connectivity index (χ0n) is 12.0. The lowest BCUT2D eigenvalue weighted by atomic mass is 10.2. The summed E-state index contributed by atoms with van der Waals surface area (Å²) in [5, 5.41) is 17.8. The fourth-order valence-electron chi connectivity index (χ4n) is 2.49. The Morgan fingerprint density at radius 1 is 1.40 bits per heavy atom. The van der Waals surface area contributed by atoms with Crippen LogP contribution in [-0.4, -0.2) is 64.1 Å². The summed E-state index contributed by atoms with van der Waals surface area (Å²) in [7, 11) is -2.98. The van der Waals surface area contributed by atoms with E-state index in [1.807, 2.05) is 13.8 Å². The summed E-state index contributed by atoms with van der Waals surface area (Å²) < 4.78 is 23.4. The van der Waals surface area contributed by atoms with Crippen LogP contribution in [0.25, 0.3) is 0 Å². The Morgan fingerprint density at radius 2 is 2.15 bits per heavy atom. The van der Waals surface area contributed by atoms with E-state index in [1.54, 1.807) is 4.80 Å². The zero-order valence-corrected chi connectivity index (χ0v) is 12.8. The molecule has 0 saturated carbocycles. The van der Waals surface area contributed by atoms with Gasteiger partial charge in [-0.3, -0.25) is 4.90 Å². The van der Waals surface area contributed by atoms with E-state index in [1.165, 1.54) is 0 Å². The van der Waals surface area contributed by atoms with E-state index in [0.29, 0.717) is 19.5 Å². The van der Waals surface area contributed by atoms with Crippen molar-refractivity contribution in [3.05, 3.63) is 11.4 Å². The van der Waals surface area contributed by atoms with E-state index in [4.69, 9.17) is 5.11 Å². The first-order valence-electron chi connectivity index (χ1n) is 6.91. The average Bonchev–Trinajstić information content (AvgIpc) is 2.73. The highest BCUT2D eigenvalue weighted by molar-refractivity contribution is 7.91. The first-order chi connectivity index (χ1) is 9.45. The molecule has 0 bridgehead atoms. The Hall–Kier alpha value is -0.990. The molecule has 0 aromatic carbocycles. The minimum absolute atomic E-state index is 0.00266. The van der Waals surface area contributed by atoms with Gasteiger partial charge >= 0.3 is 0 Å². The molecule has 7 nitrogen and oxygen atoms in total. The van der Waals surface area contributed by atoms with Gasteiger partial charge in [-0.05, 0) is 20.3 Å². The maximum atomic E-state index is 11.7. The fraction of sp³-hybridized carbons (Fsp3) is 0.833. The number of aryl methyl sites for hydroxylation is 2. The van der Waals surface area contributed by atoms with Crippen LogP contribution in [0.3, 0.4) is 0 Å². The number of rotatable bonds is 5. The molecule has 8 heteroatoms. The Labute approximate surface area is 119 Å². The van der Waals surface area contributed by atoms with Crippen molar-refractivity contribution >= 4 is 9.84 Å². The van der Waals surface area contributed by atoms with Crippen molar-refractivity contribution in [1.82, 2.24) is 19.9 Å². The molecular weight excluding hydrogens is 280 g/mol. The van der Waals surface area contributed by atoms with Gasteiger partial charge in [0.25, 0.3) is 0 Å². The summed E-state index contributed by atoms with van der Waals surface area (Å²) in [6.07, 6.45) is 0.472. The SMILES string of the molecule is CCn1nc(C)c(CN2CCS(=O)(=O)CC2CCO)n1. The van der Waals surface area contributed by atoms with E-state index >= 15 is 0 Å².